The van der Waals surface area contributed by atoms with Gasteiger partial charge in [0.15, 0.2) is 23.7 Å². The minimum absolute atomic E-state index is 0.229. The first-order valence-corrected chi connectivity index (χ1v) is 20.0. The van der Waals surface area contributed by atoms with E-state index >= 15 is 0 Å². The normalized spacial score (nSPS) is 15.5. The fourth-order valence-corrected chi connectivity index (χ4v) is 7.07. The molecular formula is C52H46O8. The maximum atomic E-state index is 13.1. The molecule has 3 unspecified atom stereocenters. The standard InChI is InChI=1S/C52H46O8/c1-37(53)59-51-49-47(57-35-41-23-13-5-14-24-41)30-44(54-32-38-17-7-2-8-18-38)31-48(49)60-50(52(51)58-36-42-25-15-6-16-26-42)43-27-28-45(55-33-39-19-9-3-10-20-39)46(29-43)56-34-40-21-11-4-12-22-40/h2-31,50-52H,32-36H2,1H3. The molecule has 302 valence electrons. The maximum Gasteiger partial charge on any atom is 0.303 e. The molecule has 0 bridgehead atoms. The molecule has 8 nitrogen and oxygen atoms in total. The predicted molar refractivity (Wildman–Crippen MR) is 229 cm³/mol. The lowest BCUT2D eigenvalue weighted by Gasteiger charge is -2.40. The van der Waals surface area contributed by atoms with E-state index in [4.69, 9.17) is 33.2 Å². The van der Waals surface area contributed by atoms with Crippen LogP contribution in [0.15, 0.2) is 182 Å². The second-order valence-electron chi connectivity index (χ2n) is 14.5. The van der Waals surface area contributed by atoms with Crippen LogP contribution in [0.4, 0.5) is 0 Å². The van der Waals surface area contributed by atoms with Crippen molar-refractivity contribution in [3.63, 3.8) is 0 Å². The van der Waals surface area contributed by atoms with Gasteiger partial charge in [-0.15, -0.1) is 0 Å². The predicted octanol–water partition coefficient (Wildman–Crippen LogP) is 11.3. The number of rotatable bonds is 17. The Bertz CT molecular complexity index is 2430. The van der Waals surface area contributed by atoms with E-state index in [1.165, 1.54) is 6.92 Å². The molecule has 1 aliphatic rings. The topological polar surface area (TPSA) is 81.7 Å². The van der Waals surface area contributed by atoms with Crippen molar-refractivity contribution in [2.45, 2.75) is 58.3 Å². The van der Waals surface area contributed by atoms with Crippen LogP contribution in [0.1, 0.15) is 58.1 Å². The number of ether oxygens (including phenoxy) is 7. The molecule has 0 radical (unpaired) electrons. The van der Waals surface area contributed by atoms with Gasteiger partial charge in [0.25, 0.3) is 0 Å². The SMILES string of the molecule is CC(=O)OC1c2c(OCc3ccccc3)cc(OCc3ccccc3)cc2OC(c2ccc(OCc3ccccc3)c(OCc3ccccc3)c2)C1OCc1ccccc1. The van der Waals surface area contributed by atoms with Crippen molar-refractivity contribution in [2.24, 2.45) is 0 Å². The number of carbonyl (C=O) groups is 1. The van der Waals surface area contributed by atoms with Crippen molar-refractivity contribution in [3.05, 3.63) is 221 Å². The summed E-state index contributed by atoms with van der Waals surface area (Å²) < 4.78 is 45.9. The number of hydrogen-bond donors (Lipinski definition) is 0. The Labute approximate surface area is 350 Å². The lowest BCUT2D eigenvalue weighted by molar-refractivity contribution is -0.169. The van der Waals surface area contributed by atoms with Gasteiger partial charge in [-0.25, -0.2) is 0 Å². The molecule has 1 aliphatic heterocycles. The van der Waals surface area contributed by atoms with Gasteiger partial charge in [-0.05, 0) is 45.5 Å². The van der Waals surface area contributed by atoms with Gasteiger partial charge in [0.2, 0.25) is 0 Å². The van der Waals surface area contributed by atoms with Crippen LogP contribution in [-0.2, 0) is 47.3 Å². The molecule has 0 aromatic heterocycles. The summed E-state index contributed by atoms with van der Waals surface area (Å²) in [6.45, 7) is 2.87. The van der Waals surface area contributed by atoms with Crippen LogP contribution < -0.4 is 23.7 Å². The van der Waals surface area contributed by atoms with Crippen molar-refractivity contribution < 1.29 is 38.0 Å². The van der Waals surface area contributed by atoms with Crippen LogP contribution in [0.25, 0.3) is 0 Å². The minimum Gasteiger partial charge on any atom is -0.489 e. The van der Waals surface area contributed by atoms with E-state index in [0.29, 0.717) is 54.1 Å². The van der Waals surface area contributed by atoms with Gasteiger partial charge in [0, 0.05) is 19.1 Å². The number of fused-ring (bicyclic) bond motifs is 1. The van der Waals surface area contributed by atoms with Crippen molar-refractivity contribution in [1.82, 2.24) is 0 Å². The van der Waals surface area contributed by atoms with Gasteiger partial charge >= 0.3 is 5.97 Å². The molecule has 0 saturated heterocycles. The lowest BCUT2D eigenvalue weighted by atomic mass is 9.90. The number of hydrogen-bond acceptors (Lipinski definition) is 8. The second kappa shape index (κ2) is 19.6. The largest absolute Gasteiger partial charge is 0.489 e. The molecule has 0 N–H and O–H groups in total. The van der Waals surface area contributed by atoms with E-state index < -0.39 is 24.3 Å². The Hall–Kier alpha value is -7.03. The molecule has 7 aromatic carbocycles. The minimum atomic E-state index is -0.934. The summed E-state index contributed by atoms with van der Waals surface area (Å²) in [6, 6.07) is 59.0. The molecule has 0 spiro atoms. The summed E-state index contributed by atoms with van der Waals surface area (Å²) >= 11 is 0. The zero-order valence-corrected chi connectivity index (χ0v) is 33.4. The molecular weight excluding hydrogens is 753 g/mol. The summed E-state index contributed by atoms with van der Waals surface area (Å²) in [5.41, 5.74) is 6.23. The van der Waals surface area contributed by atoms with E-state index in [-0.39, 0.29) is 13.2 Å². The average molecular weight is 799 g/mol. The van der Waals surface area contributed by atoms with Crippen molar-refractivity contribution in [1.29, 1.82) is 0 Å². The summed E-state index contributed by atoms with van der Waals surface area (Å²) in [6.07, 6.45) is -2.54. The van der Waals surface area contributed by atoms with E-state index in [9.17, 15) is 4.79 Å². The zero-order chi connectivity index (χ0) is 40.9. The van der Waals surface area contributed by atoms with E-state index in [0.717, 1.165) is 33.4 Å². The second-order valence-corrected chi connectivity index (χ2v) is 14.5. The summed E-state index contributed by atoms with van der Waals surface area (Å²) in [4.78, 5) is 13.1. The van der Waals surface area contributed by atoms with Gasteiger partial charge in [0.05, 0.1) is 12.2 Å². The molecule has 0 aliphatic carbocycles. The van der Waals surface area contributed by atoms with Crippen LogP contribution in [0.2, 0.25) is 0 Å². The van der Waals surface area contributed by atoms with Gasteiger partial charge < -0.3 is 33.2 Å². The number of benzene rings is 7. The maximum absolute atomic E-state index is 13.1. The first-order chi connectivity index (χ1) is 29.6. The summed E-state index contributed by atoms with van der Waals surface area (Å²) in [5, 5.41) is 0. The first-order valence-electron chi connectivity index (χ1n) is 20.0. The van der Waals surface area contributed by atoms with Gasteiger partial charge in [-0.2, -0.15) is 0 Å². The molecule has 60 heavy (non-hydrogen) atoms. The Morgan fingerprint density at radius 3 is 1.43 bits per heavy atom. The highest BCUT2D eigenvalue weighted by Gasteiger charge is 2.45. The number of esters is 1. The molecule has 8 heteroatoms. The molecule has 1 heterocycles. The van der Waals surface area contributed by atoms with Gasteiger partial charge in [-0.1, -0.05) is 158 Å². The third-order valence-corrected chi connectivity index (χ3v) is 10.0. The molecule has 8 rings (SSSR count). The Balaban J connectivity index is 1.21. The monoisotopic (exact) mass is 798 g/mol. The lowest BCUT2D eigenvalue weighted by Crippen LogP contribution is -2.39. The van der Waals surface area contributed by atoms with Crippen LogP contribution in [0.3, 0.4) is 0 Å². The third-order valence-electron chi connectivity index (χ3n) is 10.0. The molecule has 0 saturated carbocycles. The van der Waals surface area contributed by atoms with E-state index in [1.807, 2.05) is 182 Å². The van der Waals surface area contributed by atoms with Crippen molar-refractivity contribution >= 4 is 5.97 Å². The first kappa shape index (κ1) is 39.8. The Kier molecular flexibility index (Phi) is 13.0. The Morgan fingerprint density at radius 1 is 0.483 bits per heavy atom. The van der Waals surface area contributed by atoms with Crippen LogP contribution in [-0.4, -0.2) is 12.1 Å². The molecule has 0 fully saturated rings. The Morgan fingerprint density at radius 2 is 0.933 bits per heavy atom. The molecule has 3 atom stereocenters. The van der Waals surface area contributed by atoms with Gasteiger partial charge in [-0.3, -0.25) is 4.79 Å². The molecule has 7 aromatic rings. The summed E-state index contributed by atoms with van der Waals surface area (Å²) in [7, 11) is 0. The summed E-state index contributed by atoms with van der Waals surface area (Å²) in [5.74, 6) is 2.04. The van der Waals surface area contributed by atoms with Crippen molar-refractivity contribution in [2.75, 3.05) is 0 Å². The van der Waals surface area contributed by atoms with Crippen LogP contribution >= 0.6 is 0 Å². The number of carbonyl (C=O) groups excluding carboxylic acids is 1. The molecule has 0 amide bonds. The highest BCUT2D eigenvalue weighted by Crippen LogP contribution is 2.51. The van der Waals surface area contributed by atoms with E-state index in [1.54, 1.807) is 0 Å². The smallest absolute Gasteiger partial charge is 0.303 e. The zero-order valence-electron chi connectivity index (χ0n) is 33.4. The van der Waals surface area contributed by atoms with E-state index in [2.05, 4.69) is 0 Å². The average Bonchev–Trinajstić information content (AvgIpc) is 3.29. The highest BCUT2D eigenvalue weighted by molar-refractivity contribution is 5.67. The van der Waals surface area contributed by atoms with Crippen LogP contribution in [0, 0.1) is 0 Å². The quantitative estimate of drug-likeness (QED) is 0.0843. The van der Waals surface area contributed by atoms with Crippen molar-refractivity contribution in [3.8, 4) is 28.7 Å². The van der Waals surface area contributed by atoms with Gasteiger partial charge in [0.1, 0.15) is 49.8 Å². The highest BCUT2D eigenvalue weighted by atomic mass is 16.6. The fourth-order valence-electron chi connectivity index (χ4n) is 7.07. The third kappa shape index (κ3) is 10.3. The fraction of sp³-hybridized carbons (Fsp3) is 0.173. The van der Waals surface area contributed by atoms with Crippen LogP contribution in [0.5, 0.6) is 28.7 Å².